The molecule has 0 aromatic carbocycles. The summed E-state index contributed by atoms with van der Waals surface area (Å²) in [5, 5.41) is 7.74. The number of aryl methyl sites for hydroxylation is 1. The Balaban J connectivity index is 1.77. The van der Waals surface area contributed by atoms with E-state index in [1.807, 2.05) is 19.1 Å². The molecule has 1 aliphatic carbocycles. The van der Waals surface area contributed by atoms with Crippen LogP contribution in [-0.2, 0) is 24.1 Å². The Morgan fingerprint density at radius 2 is 1.96 bits per heavy atom. The first-order valence-electron chi connectivity index (χ1n) is 9.44. The fraction of sp³-hybridized carbons (Fsp3) is 0.450. The summed E-state index contributed by atoms with van der Waals surface area (Å²) >= 11 is 7.10. The number of esters is 1. The number of hydrogen-bond acceptors (Lipinski definition) is 5. The fourth-order valence-corrected chi connectivity index (χ4v) is 4.78. The number of carbonyl (C=O) groups is 1. The van der Waals surface area contributed by atoms with Gasteiger partial charge in [-0.05, 0) is 68.1 Å². The van der Waals surface area contributed by atoms with Crippen LogP contribution in [0, 0.1) is 0 Å². The molecule has 0 bridgehead atoms. The number of anilines is 1. The summed E-state index contributed by atoms with van der Waals surface area (Å²) in [4.78, 5) is 17.9. The first-order chi connectivity index (χ1) is 13.2. The van der Waals surface area contributed by atoms with E-state index < -0.39 is 0 Å². The number of nitrogens with zero attached hydrogens (tertiary/aromatic N) is 1. The Morgan fingerprint density at radius 1 is 1.22 bits per heavy atom. The Kier molecular flexibility index (Phi) is 7.18. The third kappa shape index (κ3) is 5.26. The molecule has 2 heterocycles. The van der Waals surface area contributed by atoms with Crippen molar-refractivity contribution in [3.8, 4) is 0 Å². The van der Waals surface area contributed by atoms with Gasteiger partial charge in [0, 0.05) is 23.8 Å². The van der Waals surface area contributed by atoms with Gasteiger partial charge in [-0.1, -0.05) is 12.8 Å². The van der Waals surface area contributed by atoms with E-state index in [-0.39, 0.29) is 5.97 Å². The number of thiophene rings is 1. The van der Waals surface area contributed by atoms with E-state index >= 15 is 0 Å². The zero-order valence-corrected chi connectivity index (χ0v) is 17.2. The standard InChI is InChI=1S/C20H25N3O2S2/c1-2-25-19(24)17-15-7-5-3-4-6-8-16(15)27-18(17)23-20(26)22-13-14-9-11-21-12-10-14/h9-12H,2-8,13H2,1H3,(H2,22,23,26). The van der Waals surface area contributed by atoms with Gasteiger partial charge in [-0.15, -0.1) is 11.3 Å². The maximum Gasteiger partial charge on any atom is 0.341 e. The quantitative estimate of drug-likeness (QED) is 0.567. The molecular weight excluding hydrogens is 378 g/mol. The van der Waals surface area contributed by atoms with Crippen molar-refractivity contribution in [2.75, 3.05) is 11.9 Å². The van der Waals surface area contributed by atoms with Gasteiger partial charge in [0.05, 0.1) is 12.2 Å². The minimum absolute atomic E-state index is 0.255. The van der Waals surface area contributed by atoms with Crippen LogP contribution >= 0.6 is 23.6 Å². The summed E-state index contributed by atoms with van der Waals surface area (Å²) in [7, 11) is 0. The van der Waals surface area contributed by atoms with Crippen LogP contribution in [0.15, 0.2) is 24.5 Å². The van der Waals surface area contributed by atoms with Crippen molar-refractivity contribution in [1.82, 2.24) is 10.3 Å². The van der Waals surface area contributed by atoms with E-state index in [2.05, 4.69) is 15.6 Å². The number of hydrogen-bond donors (Lipinski definition) is 2. The second-order valence-electron chi connectivity index (χ2n) is 6.51. The van der Waals surface area contributed by atoms with Gasteiger partial charge in [-0.2, -0.15) is 0 Å². The Bertz CT molecular complexity index is 790. The Morgan fingerprint density at radius 3 is 2.70 bits per heavy atom. The maximum atomic E-state index is 12.6. The molecule has 27 heavy (non-hydrogen) atoms. The number of aromatic nitrogens is 1. The van der Waals surface area contributed by atoms with Crippen molar-refractivity contribution in [1.29, 1.82) is 0 Å². The number of rotatable bonds is 5. The van der Waals surface area contributed by atoms with E-state index in [0.29, 0.717) is 23.8 Å². The third-order valence-corrected chi connectivity index (χ3v) is 6.03. The summed E-state index contributed by atoms with van der Waals surface area (Å²) < 4.78 is 5.33. The lowest BCUT2D eigenvalue weighted by molar-refractivity contribution is 0.0526. The minimum Gasteiger partial charge on any atom is -0.462 e. The molecule has 0 saturated carbocycles. The van der Waals surface area contributed by atoms with Crippen LogP contribution in [-0.4, -0.2) is 22.7 Å². The lowest BCUT2D eigenvalue weighted by Crippen LogP contribution is -2.28. The van der Waals surface area contributed by atoms with Crippen LogP contribution < -0.4 is 10.6 Å². The normalized spacial score (nSPS) is 13.8. The number of nitrogens with one attached hydrogen (secondary N) is 2. The van der Waals surface area contributed by atoms with Gasteiger partial charge in [0.25, 0.3) is 0 Å². The molecule has 1 aliphatic rings. The van der Waals surface area contributed by atoms with Crippen molar-refractivity contribution in [2.24, 2.45) is 0 Å². The number of pyridine rings is 1. The van der Waals surface area contributed by atoms with Crippen molar-refractivity contribution in [3.05, 3.63) is 46.1 Å². The van der Waals surface area contributed by atoms with Gasteiger partial charge >= 0.3 is 5.97 Å². The smallest absolute Gasteiger partial charge is 0.341 e. The molecule has 2 N–H and O–H groups in total. The predicted molar refractivity (Wildman–Crippen MR) is 113 cm³/mol. The van der Waals surface area contributed by atoms with Crippen molar-refractivity contribution in [2.45, 2.75) is 52.0 Å². The lowest BCUT2D eigenvalue weighted by Gasteiger charge is -2.12. The fourth-order valence-electron chi connectivity index (χ4n) is 3.26. The molecule has 5 nitrogen and oxygen atoms in total. The Hall–Kier alpha value is -1.99. The van der Waals surface area contributed by atoms with Gasteiger partial charge in [-0.3, -0.25) is 4.98 Å². The van der Waals surface area contributed by atoms with Crippen molar-refractivity contribution < 1.29 is 9.53 Å². The van der Waals surface area contributed by atoms with Gasteiger partial charge in [0.1, 0.15) is 5.00 Å². The van der Waals surface area contributed by atoms with E-state index in [1.54, 1.807) is 23.7 Å². The highest BCUT2D eigenvalue weighted by Gasteiger charge is 2.25. The van der Waals surface area contributed by atoms with E-state index in [9.17, 15) is 4.79 Å². The van der Waals surface area contributed by atoms with Crippen LogP contribution in [0.5, 0.6) is 0 Å². The van der Waals surface area contributed by atoms with Gasteiger partial charge in [0.2, 0.25) is 0 Å². The zero-order chi connectivity index (χ0) is 19.1. The van der Waals surface area contributed by atoms with Crippen LogP contribution in [0.1, 0.15) is 59.0 Å². The average molecular weight is 404 g/mol. The van der Waals surface area contributed by atoms with E-state index in [4.69, 9.17) is 17.0 Å². The van der Waals surface area contributed by atoms with Gasteiger partial charge < -0.3 is 15.4 Å². The number of ether oxygens (including phenoxy) is 1. The summed E-state index contributed by atoms with van der Waals surface area (Å²) in [5.74, 6) is -0.255. The van der Waals surface area contributed by atoms with Crippen molar-refractivity contribution in [3.63, 3.8) is 0 Å². The molecular formula is C20H25N3O2S2. The third-order valence-electron chi connectivity index (χ3n) is 4.58. The zero-order valence-electron chi connectivity index (χ0n) is 15.5. The predicted octanol–water partition coefficient (Wildman–Crippen LogP) is 4.47. The molecule has 0 unspecified atom stereocenters. The topological polar surface area (TPSA) is 63.2 Å². The highest BCUT2D eigenvalue weighted by Crippen LogP contribution is 2.37. The van der Waals surface area contributed by atoms with Gasteiger partial charge in [-0.25, -0.2) is 4.79 Å². The van der Waals surface area contributed by atoms with Crippen LogP contribution in [0.2, 0.25) is 0 Å². The molecule has 2 aromatic rings. The molecule has 7 heteroatoms. The van der Waals surface area contributed by atoms with Crippen molar-refractivity contribution >= 4 is 39.6 Å². The van der Waals surface area contributed by atoms with Crippen LogP contribution in [0.25, 0.3) is 0 Å². The first-order valence-corrected chi connectivity index (χ1v) is 10.7. The summed E-state index contributed by atoms with van der Waals surface area (Å²) in [6.45, 7) is 2.81. The Labute approximate surface area is 169 Å². The lowest BCUT2D eigenvalue weighted by atomic mass is 9.96. The van der Waals surface area contributed by atoms with E-state index in [1.165, 1.54) is 24.1 Å². The second-order valence-corrected chi connectivity index (χ2v) is 8.02. The maximum absolute atomic E-state index is 12.6. The van der Waals surface area contributed by atoms with E-state index in [0.717, 1.165) is 35.4 Å². The summed E-state index contributed by atoms with van der Waals surface area (Å²) in [5.41, 5.74) is 2.92. The molecule has 0 saturated heterocycles. The average Bonchev–Trinajstić information content (AvgIpc) is 2.97. The summed E-state index contributed by atoms with van der Waals surface area (Å²) in [6, 6.07) is 3.88. The molecule has 0 radical (unpaired) electrons. The molecule has 0 spiro atoms. The molecule has 3 rings (SSSR count). The first kappa shape index (κ1) is 19.8. The minimum atomic E-state index is -0.255. The molecule has 144 valence electrons. The summed E-state index contributed by atoms with van der Waals surface area (Å²) in [6.07, 6.45) is 10.2. The SMILES string of the molecule is CCOC(=O)c1c(NC(=S)NCc2ccncc2)sc2c1CCCCCC2. The number of carbonyl (C=O) groups excluding carboxylic acids is 1. The largest absolute Gasteiger partial charge is 0.462 e. The molecule has 0 atom stereocenters. The van der Waals surface area contributed by atoms with Crippen LogP contribution in [0.4, 0.5) is 5.00 Å². The second kappa shape index (κ2) is 9.80. The van der Waals surface area contributed by atoms with Crippen LogP contribution in [0.3, 0.4) is 0 Å². The highest BCUT2D eigenvalue weighted by atomic mass is 32.1. The monoisotopic (exact) mass is 403 g/mol. The highest BCUT2D eigenvalue weighted by molar-refractivity contribution is 7.80. The van der Waals surface area contributed by atoms with Gasteiger partial charge in [0.15, 0.2) is 5.11 Å². The molecule has 0 amide bonds. The molecule has 2 aromatic heterocycles. The molecule has 0 fully saturated rings. The number of thiocarbonyl (C=S) groups is 1. The number of fused-ring (bicyclic) bond motifs is 1. The molecule has 0 aliphatic heterocycles.